The molecule has 1 aromatic heterocycles. The normalized spacial score (nSPS) is 11.7. The molecule has 1 heterocycles. The fraction of sp³-hybridized carbons (Fsp3) is 0.400. The topological polar surface area (TPSA) is 108 Å². The lowest BCUT2D eigenvalue weighted by Gasteiger charge is -2.10. The number of thiazole rings is 1. The Morgan fingerprint density at radius 1 is 1.50 bits per heavy atom. The largest absolute Gasteiger partial charge is 0.481 e. The monoisotopic (exact) mass is 271 g/mol. The molecule has 0 saturated carbocycles. The number of aromatic nitrogens is 1. The molecule has 0 fully saturated rings. The van der Waals surface area contributed by atoms with Gasteiger partial charge in [-0.1, -0.05) is 0 Å². The van der Waals surface area contributed by atoms with Gasteiger partial charge in [-0.3, -0.25) is 14.4 Å². The van der Waals surface area contributed by atoms with Crippen LogP contribution in [0.2, 0.25) is 0 Å². The van der Waals surface area contributed by atoms with E-state index in [1.54, 1.807) is 12.3 Å². The van der Waals surface area contributed by atoms with Gasteiger partial charge in [0.1, 0.15) is 6.04 Å². The Bertz CT molecular complexity index is 471. The van der Waals surface area contributed by atoms with Crippen LogP contribution in [0.4, 0.5) is 5.13 Å². The summed E-state index contributed by atoms with van der Waals surface area (Å²) in [7, 11) is 0. The van der Waals surface area contributed by atoms with Crippen LogP contribution in [0.1, 0.15) is 19.5 Å². The fourth-order valence-electron chi connectivity index (χ4n) is 1.18. The average Bonchev–Trinajstić information content (AvgIpc) is 2.63. The first kappa shape index (κ1) is 14.1. The van der Waals surface area contributed by atoms with Crippen molar-refractivity contribution in [3.8, 4) is 0 Å². The highest BCUT2D eigenvalue weighted by atomic mass is 32.1. The van der Waals surface area contributed by atoms with Gasteiger partial charge >= 0.3 is 5.97 Å². The van der Waals surface area contributed by atoms with Gasteiger partial charge in [-0.05, 0) is 6.92 Å². The van der Waals surface area contributed by atoms with E-state index in [-0.39, 0.29) is 12.3 Å². The van der Waals surface area contributed by atoms with Crippen molar-refractivity contribution in [2.24, 2.45) is 0 Å². The maximum Gasteiger partial charge on any atom is 0.309 e. The Labute approximate surface area is 107 Å². The highest BCUT2D eigenvalue weighted by Crippen LogP contribution is 2.15. The number of rotatable bonds is 5. The van der Waals surface area contributed by atoms with Crippen molar-refractivity contribution in [3.63, 3.8) is 0 Å². The number of hydrogen-bond acceptors (Lipinski definition) is 5. The number of hydrogen-bond donors (Lipinski definition) is 3. The summed E-state index contributed by atoms with van der Waals surface area (Å²) in [6, 6.07) is -0.672. The van der Waals surface area contributed by atoms with E-state index in [0.29, 0.717) is 10.8 Å². The summed E-state index contributed by atoms with van der Waals surface area (Å²) in [5, 5.41) is 15.4. The molecule has 8 heteroatoms. The molecule has 1 atom stereocenters. The predicted octanol–water partition coefficient (Wildman–Crippen LogP) is 0.233. The van der Waals surface area contributed by atoms with Gasteiger partial charge in [-0.2, -0.15) is 0 Å². The molecule has 3 N–H and O–H groups in total. The van der Waals surface area contributed by atoms with Crippen LogP contribution >= 0.6 is 11.3 Å². The van der Waals surface area contributed by atoms with Gasteiger partial charge in [0, 0.05) is 12.3 Å². The molecule has 0 aliphatic rings. The molecule has 2 amide bonds. The summed E-state index contributed by atoms with van der Waals surface area (Å²) in [6.45, 7) is 2.86. The molecule has 18 heavy (non-hydrogen) atoms. The van der Waals surface area contributed by atoms with Crippen molar-refractivity contribution in [1.29, 1.82) is 0 Å². The number of carboxylic acids is 1. The third-order valence-electron chi connectivity index (χ3n) is 1.93. The van der Waals surface area contributed by atoms with Crippen molar-refractivity contribution >= 4 is 34.3 Å². The van der Waals surface area contributed by atoms with Crippen LogP contribution in [-0.2, 0) is 20.8 Å². The molecule has 0 saturated heterocycles. The van der Waals surface area contributed by atoms with E-state index in [1.165, 1.54) is 6.92 Å². The van der Waals surface area contributed by atoms with E-state index < -0.39 is 17.9 Å². The van der Waals surface area contributed by atoms with Gasteiger partial charge in [0.15, 0.2) is 5.13 Å². The molecule has 7 nitrogen and oxygen atoms in total. The number of nitrogens with zero attached hydrogens (tertiary/aromatic N) is 1. The first-order valence-corrected chi connectivity index (χ1v) is 6.00. The van der Waals surface area contributed by atoms with Crippen molar-refractivity contribution in [2.45, 2.75) is 26.3 Å². The van der Waals surface area contributed by atoms with E-state index in [9.17, 15) is 14.4 Å². The highest BCUT2D eigenvalue weighted by Gasteiger charge is 2.15. The Kier molecular flexibility index (Phi) is 4.78. The number of aliphatic carboxylic acids is 1. The Morgan fingerprint density at radius 2 is 2.17 bits per heavy atom. The molecule has 0 aliphatic heterocycles. The number of carboxylic acid groups (broad SMARTS) is 1. The minimum Gasteiger partial charge on any atom is -0.481 e. The number of anilines is 1. The van der Waals surface area contributed by atoms with E-state index in [1.807, 2.05) is 0 Å². The second-order valence-corrected chi connectivity index (χ2v) is 4.48. The molecule has 0 aromatic carbocycles. The van der Waals surface area contributed by atoms with Crippen LogP contribution in [0.25, 0.3) is 0 Å². The molecule has 1 unspecified atom stereocenters. The summed E-state index contributed by atoms with van der Waals surface area (Å²) < 4.78 is 0. The maximum atomic E-state index is 11.6. The minimum absolute atomic E-state index is 0.187. The van der Waals surface area contributed by atoms with Crippen LogP contribution < -0.4 is 10.6 Å². The van der Waals surface area contributed by atoms with Gasteiger partial charge in [0.25, 0.3) is 0 Å². The van der Waals surface area contributed by atoms with E-state index in [4.69, 9.17) is 5.11 Å². The molecule has 98 valence electrons. The van der Waals surface area contributed by atoms with Gasteiger partial charge in [0.2, 0.25) is 11.8 Å². The zero-order valence-electron chi connectivity index (χ0n) is 9.89. The lowest BCUT2D eigenvalue weighted by atomic mass is 10.3. The van der Waals surface area contributed by atoms with E-state index in [2.05, 4.69) is 15.6 Å². The highest BCUT2D eigenvalue weighted by molar-refractivity contribution is 7.13. The average molecular weight is 271 g/mol. The fourth-order valence-corrected chi connectivity index (χ4v) is 1.90. The van der Waals surface area contributed by atoms with Crippen LogP contribution in [0.5, 0.6) is 0 Å². The van der Waals surface area contributed by atoms with Crippen LogP contribution in [0.15, 0.2) is 5.38 Å². The zero-order chi connectivity index (χ0) is 13.7. The Hall–Kier alpha value is -1.96. The van der Waals surface area contributed by atoms with Crippen molar-refractivity contribution in [2.75, 3.05) is 5.32 Å². The summed E-state index contributed by atoms with van der Waals surface area (Å²) in [5.74, 6) is -1.69. The standard InChI is InChI=1S/C10H13N3O4S/c1-5(11-6(2)14)9(17)13-10-12-7(4-18-10)3-8(15)16/h4-5H,3H2,1-2H3,(H,11,14)(H,15,16)(H,12,13,17). The van der Waals surface area contributed by atoms with Crippen LogP contribution in [0.3, 0.4) is 0 Å². The molecular weight excluding hydrogens is 258 g/mol. The Balaban J connectivity index is 2.56. The molecule has 1 aromatic rings. The molecule has 1 rings (SSSR count). The van der Waals surface area contributed by atoms with Gasteiger partial charge in [-0.15, -0.1) is 11.3 Å². The number of nitrogens with one attached hydrogen (secondary N) is 2. The third kappa shape index (κ3) is 4.50. The van der Waals surface area contributed by atoms with Crippen molar-refractivity contribution in [3.05, 3.63) is 11.1 Å². The van der Waals surface area contributed by atoms with Gasteiger partial charge < -0.3 is 15.7 Å². The molecular formula is C10H13N3O4S. The van der Waals surface area contributed by atoms with Crippen molar-refractivity contribution < 1.29 is 19.5 Å². The Morgan fingerprint density at radius 3 is 2.72 bits per heavy atom. The van der Waals surface area contributed by atoms with E-state index >= 15 is 0 Å². The van der Waals surface area contributed by atoms with Crippen molar-refractivity contribution in [1.82, 2.24) is 10.3 Å². The summed E-state index contributed by atoms with van der Waals surface area (Å²) in [6.07, 6.45) is -0.187. The van der Waals surface area contributed by atoms with Crippen LogP contribution in [-0.4, -0.2) is 33.9 Å². The van der Waals surface area contributed by atoms with Crippen LogP contribution in [0, 0.1) is 0 Å². The number of carbonyl (C=O) groups is 3. The van der Waals surface area contributed by atoms with Gasteiger partial charge in [-0.25, -0.2) is 4.98 Å². The molecule has 0 bridgehead atoms. The molecule has 0 aliphatic carbocycles. The van der Waals surface area contributed by atoms with Gasteiger partial charge in [0.05, 0.1) is 12.1 Å². The second kappa shape index (κ2) is 6.10. The molecule has 0 radical (unpaired) electrons. The summed E-state index contributed by atoms with van der Waals surface area (Å²) >= 11 is 1.14. The third-order valence-corrected chi connectivity index (χ3v) is 2.73. The number of amides is 2. The zero-order valence-corrected chi connectivity index (χ0v) is 10.7. The summed E-state index contributed by atoms with van der Waals surface area (Å²) in [4.78, 5) is 36.8. The minimum atomic E-state index is -0.982. The molecule has 0 spiro atoms. The number of carbonyl (C=O) groups excluding carboxylic acids is 2. The maximum absolute atomic E-state index is 11.6. The predicted molar refractivity (Wildman–Crippen MR) is 65.4 cm³/mol. The SMILES string of the molecule is CC(=O)NC(C)C(=O)Nc1nc(CC(=O)O)cs1. The lowest BCUT2D eigenvalue weighted by Crippen LogP contribution is -2.40. The first-order valence-electron chi connectivity index (χ1n) is 5.12. The first-order chi connectivity index (χ1) is 8.38. The quantitative estimate of drug-likeness (QED) is 0.710. The second-order valence-electron chi connectivity index (χ2n) is 3.63. The smallest absolute Gasteiger partial charge is 0.309 e. The van der Waals surface area contributed by atoms with E-state index in [0.717, 1.165) is 11.3 Å². The lowest BCUT2D eigenvalue weighted by molar-refractivity contribution is -0.136. The summed E-state index contributed by atoms with van der Waals surface area (Å²) in [5.41, 5.74) is 0.384.